The molecule has 16 heavy (non-hydrogen) atoms. The monoisotopic (exact) mass is 249 g/mol. The molecule has 0 N–H and O–H groups in total. The van der Waals surface area contributed by atoms with Crippen molar-refractivity contribution < 1.29 is 0 Å². The highest BCUT2D eigenvalue weighted by molar-refractivity contribution is 7.98. The van der Waals surface area contributed by atoms with Gasteiger partial charge in [0.1, 0.15) is 5.01 Å². The van der Waals surface area contributed by atoms with Gasteiger partial charge in [-0.3, -0.25) is 0 Å². The van der Waals surface area contributed by atoms with E-state index in [0.29, 0.717) is 5.92 Å². The predicted molar refractivity (Wildman–Crippen MR) is 72.2 cm³/mol. The minimum atomic E-state index is 0.534. The van der Waals surface area contributed by atoms with Crippen molar-refractivity contribution in [2.24, 2.45) is 0 Å². The standard InChI is InChI=1S/C13H15NS2/c1-10(2)12-8-16-13(14-12)9-15-11-6-4-3-5-7-11/h3-8,10H,9H2,1-2H3. The van der Waals surface area contributed by atoms with E-state index in [9.17, 15) is 0 Å². The first kappa shape index (κ1) is 11.7. The minimum Gasteiger partial charge on any atom is -0.245 e. The average Bonchev–Trinajstić information content (AvgIpc) is 2.76. The van der Waals surface area contributed by atoms with Gasteiger partial charge in [-0.1, -0.05) is 32.0 Å². The zero-order valence-electron chi connectivity index (χ0n) is 9.51. The molecular weight excluding hydrogens is 234 g/mol. The van der Waals surface area contributed by atoms with Gasteiger partial charge in [-0.05, 0) is 18.1 Å². The van der Waals surface area contributed by atoms with E-state index in [0.717, 1.165) is 5.75 Å². The maximum absolute atomic E-state index is 4.62. The summed E-state index contributed by atoms with van der Waals surface area (Å²) in [7, 11) is 0. The Morgan fingerprint density at radius 1 is 1.25 bits per heavy atom. The van der Waals surface area contributed by atoms with Crippen LogP contribution in [0.3, 0.4) is 0 Å². The van der Waals surface area contributed by atoms with Crippen LogP contribution < -0.4 is 0 Å². The molecule has 1 heterocycles. The van der Waals surface area contributed by atoms with Crippen molar-refractivity contribution >= 4 is 23.1 Å². The molecule has 0 saturated carbocycles. The van der Waals surface area contributed by atoms with E-state index in [1.165, 1.54) is 15.6 Å². The smallest absolute Gasteiger partial charge is 0.103 e. The fraction of sp³-hybridized carbons (Fsp3) is 0.308. The summed E-state index contributed by atoms with van der Waals surface area (Å²) in [6, 6.07) is 10.5. The van der Waals surface area contributed by atoms with E-state index in [4.69, 9.17) is 0 Å². The first-order valence-electron chi connectivity index (χ1n) is 5.38. The molecule has 0 amide bonds. The molecule has 0 spiro atoms. The molecule has 0 fully saturated rings. The largest absolute Gasteiger partial charge is 0.245 e. The molecule has 0 atom stereocenters. The number of rotatable bonds is 4. The third-order valence-corrected chi connectivity index (χ3v) is 4.34. The average molecular weight is 249 g/mol. The zero-order valence-corrected chi connectivity index (χ0v) is 11.1. The normalized spacial score (nSPS) is 10.9. The van der Waals surface area contributed by atoms with E-state index in [-0.39, 0.29) is 0 Å². The van der Waals surface area contributed by atoms with Gasteiger partial charge >= 0.3 is 0 Å². The number of aromatic nitrogens is 1. The van der Waals surface area contributed by atoms with Crippen LogP contribution in [0, 0.1) is 0 Å². The lowest BCUT2D eigenvalue weighted by atomic mass is 10.2. The summed E-state index contributed by atoms with van der Waals surface area (Å²) in [6.07, 6.45) is 0. The SMILES string of the molecule is CC(C)c1csc(CSc2ccccc2)n1. The van der Waals surface area contributed by atoms with Crippen molar-refractivity contribution in [3.05, 3.63) is 46.4 Å². The lowest BCUT2D eigenvalue weighted by Gasteiger charge is -1.99. The molecule has 0 aliphatic heterocycles. The Bertz CT molecular complexity index is 434. The molecule has 0 bridgehead atoms. The molecule has 0 aliphatic carbocycles. The minimum absolute atomic E-state index is 0.534. The number of nitrogens with zero attached hydrogens (tertiary/aromatic N) is 1. The van der Waals surface area contributed by atoms with Gasteiger partial charge in [-0.2, -0.15) is 0 Å². The summed E-state index contributed by atoms with van der Waals surface area (Å²) in [4.78, 5) is 5.93. The number of thiazole rings is 1. The second-order valence-corrected chi connectivity index (χ2v) is 5.91. The molecule has 1 aromatic heterocycles. The Kier molecular flexibility index (Phi) is 4.02. The van der Waals surface area contributed by atoms with Crippen LogP contribution in [0.4, 0.5) is 0 Å². The molecule has 3 heteroatoms. The van der Waals surface area contributed by atoms with E-state index in [1.807, 2.05) is 17.8 Å². The highest BCUT2D eigenvalue weighted by Gasteiger charge is 2.05. The first-order chi connectivity index (χ1) is 7.75. The lowest BCUT2D eigenvalue weighted by molar-refractivity contribution is 0.828. The van der Waals surface area contributed by atoms with Crippen molar-refractivity contribution in [2.45, 2.75) is 30.4 Å². The van der Waals surface area contributed by atoms with Gasteiger partial charge in [0.15, 0.2) is 0 Å². The van der Waals surface area contributed by atoms with Crippen molar-refractivity contribution in [2.75, 3.05) is 0 Å². The molecule has 2 aromatic rings. The van der Waals surface area contributed by atoms with Crippen LogP contribution in [0.15, 0.2) is 40.6 Å². The van der Waals surface area contributed by atoms with Crippen LogP contribution >= 0.6 is 23.1 Å². The van der Waals surface area contributed by atoms with E-state index >= 15 is 0 Å². The van der Waals surface area contributed by atoms with Crippen LogP contribution in [0.25, 0.3) is 0 Å². The zero-order chi connectivity index (χ0) is 11.4. The lowest BCUT2D eigenvalue weighted by Crippen LogP contribution is -1.87. The van der Waals surface area contributed by atoms with Crippen LogP contribution in [0.1, 0.15) is 30.5 Å². The first-order valence-corrected chi connectivity index (χ1v) is 7.24. The Hall–Kier alpha value is -0.800. The predicted octanol–water partition coefficient (Wildman–Crippen LogP) is 4.56. The summed E-state index contributed by atoms with van der Waals surface area (Å²) in [5.41, 5.74) is 1.22. The van der Waals surface area contributed by atoms with Crippen LogP contribution in [0.5, 0.6) is 0 Å². The van der Waals surface area contributed by atoms with Gasteiger partial charge < -0.3 is 0 Å². The van der Waals surface area contributed by atoms with Gasteiger partial charge in [0.2, 0.25) is 0 Å². The third-order valence-electron chi connectivity index (χ3n) is 2.27. The fourth-order valence-electron chi connectivity index (χ4n) is 1.32. The Labute approximate surface area is 105 Å². The van der Waals surface area contributed by atoms with E-state index in [1.54, 1.807) is 11.3 Å². The summed E-state index contributed by atoms with van der Waals surface area (Å²) in [6.45, 7) is 4.37. The fourth-order valence-corrected chi connectivity index (χ4v) is 3.21. The summed E-state index contributed by atoms with van der Waals surface area (Å²) < 4.78 is 0. The van der Waals surface area contributed by atoms with Crippen molar-refractivity contribution in [1.82, 2.24) is 4.98 Å². The van der Waals surface area contributed by atoms with Crippen molar-refractivity contribution in [3.63, 3.8) is 0 Å². The molecular formula is C13H15NS2. The van der Waals surface area contributed by atoms with Crippen LogP contribution in [-0.4, -0.2) is 4.98 Å². The highest BCUT2D eigenvalue weighted by atomic mass is 32.2. The molecule has 0 unspecified atom stereocenters. The third kappa shape index (κ3) is 3.09. The molecule has 2 rings (SSSR count). The highest BCUT2D eigenvalue weighted by Crippen LogP contribution is 2.25. The van der Waals surface area contributed by atoms with Gasteiger partial charge in [0.05, 0.1) is 11.4 Å². The number of benzene rings is 1. The summed E-state index contributed by atoms with van der Waals surface area (Å²) in [5, 5.41) is 3.39. The Balaban J connectivity index is 1.95. The maximum Gasteiger partial charge on any atom is 0.103 e. The topological polar surface area (TPSA) is 12.9 Å². The van der Waals surface area contributed by atoms with Crippen molar-refractivity contribution in [3.8, 4) is 0 Å². The second kappa shape index (κ2) is 5.51. The van der Waals surface area contributed by atoms with Crippen LogP contribution in [0.2, 0.25) is 0 Å². The van der Waals surface area contributed by atoms with Gasteiger partial charge in [0, 0.05) is 10.3 Å². The van der Waals surface area contributed by atoms with Gasteiger partial charge in [0.25, 0.3) is 0 Å². The van der Waals surface area contributed by atoms with E-state index < -0.39 is 0 Å². The van der Waals surface area contributed by atoms with Crippen molar-refractivity contribution in [1.29, 1.82) is 0 Å². The molecule has 1 nitrogen and oxygen atoms in total. The van der Waals surface area contributed by atoms with Gasteiger partial charge in [-0.15, -0.1) is 23.1 Å². The Morgan fingerprint density at radius 3 is 2.62 bits per heavy atom. The van der Waals surface area contributed by atoms with Crippen LogP contribution in [-0.2, 0) is 5.75 Å². The molecule has 0 saturated heterocycles. The van der Waals surface area contributed by atoms with E-state index in [2.05, 4.69) is 48.5 Å². The number of hydrogen-bond donors (Lipinski definition) is 0. The quantitative estimate of drug-likeness (QED) is 0.737. The van der Waals surface area contributed by atoms with Gasteiger partial charge in [-0.25, -0.2) is 4.98 Å². The molecule has 1 aromatic carbocycles. The molecule has 84 valence electrons. The molecule has 0 aliphatic rings. The number of hydrogen-bond acceptors (Lipinski definition) is 3. The number of thioether (sulfide) groups is 1. The summed E-state index contributed by atoms with van der Waals surface area (Å²) in [5.74, 6) is 1.51. The summed E-state index contributed by atoms with van der Waals surface area (Å²) >= 11 is 3.61. The Morgan fingerprint density at radius 2 is 2.00 bits per heavy atom. The molecule has 0 radical (unpaired) electrons. The maximum atomic E-state index is 4.62. The second-order valence-electron chi connectivity index (χ2n) is 3.92.